The zero-order valence-electron chi connectivity index (χ0n) is 19.8. The van der Waals surface area contributed by atoms with E-state index >= 15 is 0 Å². The van der Waals surface area contributed by atoms with E-state index in [9.17, 15) is 4.79 Å². The highest BCUT2D eigenvalue weighted by Crippen LogP contribution is 2.39. The third-order valence-corrected chi connectivity index (χ3v) is 6.59. The molecule has 2 aromatic carbocycles. The van der Waals surface area contributed by atoms with Crippen molar-refractivity contribution in [1.29, 1.82) is 0 Å². The number of fused-ring (bicyclic) bond motifs is 2. The lowest BCUT2D eigenvalue weighted by atomic mass is 10.1. The van der Waals surface area contributed by atoms with Crippen LogP contribution in [0.1, 0.15) is 37.6 Å². The fourth-order valence-electron chi connectivity index (χ4n) is 4.90. The molecule has 2 aliphatic rings. The molecule has 4 aromatic rings. The van der Waals surface area contributed by atoms with Crippen LogP contribution in [-0.2, 0) is 14.5 Å². The van der Waals surface area contributed by atoms with Crippen LogP contribution in [0.3, 0.4) is 0 Å². The van der Waals surface area contributed by atoms with Crippen LogP contribution in [0.25, 0.3) is 22.2 Å². The Bertz CT molecular complexity index is 1410. The summed E-state index contributed by atoms with van der Waals surface area (Å²) in [5.41, 5.74) is 11.5. The van der Waals surface area contributed by atoms with E-state index in [-0.39, 0.29) is 0 Å². The molecule has 10 heteroatoms. The zero-order valence-corrected chi connectivity index (χ0v) is 19.8. The Kier molecular flexibility index (Phi) is 5.67. The van der Waals surface area contributed by atoms with E-state index in [1.807, 2.05) is 54.6 Å². The summed E-state index contributed by atoms with van der Waals surface area (Å²) in [6.07, 6.45) is 3.28. The molecule has 0 bridgehead atoms. The average Bonchev–Trinajstić information content (AvgIpc) is 3.45. The molecule has 1 unspecified atom stereocenters. The third kappa shape index (κ3) is 4.00. The summed E-state index contributed by atoms with van der Waals surface area (Å²) in [7, 11) is 0. The van der Waals surface area contributed by atoms with Gasteiger partial charge in [-0.2, -0.15) is 5.10 Å². The summed E-state index contributed by atoms with van der Waals surface area (Å²) in [5.74, 6) is 0.0196. The van der Waals surface area contributed by atoms with Gasteiger partial charge in [-0.15, -0.1) is 0 Å². The van der Waals surface area contributed by atoms with Gasteiger partial charge in [0.2, 0.25) is 0 Å². The topological polar surface area (TPSA) is 120 Å². The number of piperidine rings is 1. The van der Waals surface area contributed by atoms with Crippen LogP contribution in [0.2, 0.25) is 0 Å². The van der Waals surface area contributed by atoms with E-state index in [1.165, 1.54) is 6.92 Å². The highest BCUT2D eigenvalue weighted by Gasteiger charge is 2.32. The molecule has 4 heterocycles. The van der Waals surface area contributed by atoms with Crippen molar-refractivity contribution in [3.05, 3.63) is 66.4 Å². The van der Waals surface area contributed by atoms with Crippen molar-refractivity contribution in [2.45, 2.75) is 32.0 Å². The molecule has 1 saturated heterocycles. The smallest absolute Gasteiger partial charge is 0.332 e. The Morgan fingerprint density at radius 1 is 1.14 bits per heavy atom. The first-order chi connectivity index (χ1) is 17.6. The monoisotopic (exact) mass is 485 g/mol. The molecule has 2 aliphatic heterocycles. The summed E-state index contributed by atoms with van der Waals surface area (Å²) >= 11 is 0. The number of hydrogen-bond acceptors (Lipinski definition) is 9. The first-order valence-corrected chi connectivity index (χ1v) is 12.0. The first kappa shape index (κ1) is 22.3. The van der Waals surface area contributed by atoms with Gasteiger partial charge in [0.25, 0.3) is 0 Å². The molecule has 36 heavy (non-hydrogen) atoms. The van der Waals surface area contributed by atoms with Crippen LogP contribution in [0.4, 0.5) is 17.2 Å². The molecule has 0 aliphatic carbocycles. The molecule has 0 spiro atoms. The van der Waals surface area contributed by atoms with Gasteiger partial charge < -0.3 is 21.2 Å². The van der Waals surface area contributed by atoms with Gasteiger partial charge in [-0.3, -0.25) is 4.68 Å². The number of benzene rings is 2. The van der Waals surface area contributed by atoms with Gasteiger partial charge in [-0.05, 0) is 50.2 Å². The quantitative estimate of drug-likeness (QED) is 0.386. The number of carbonyl (C=O) groups excluding carboxylic acids is 1. The van der Waals surface area contributed by atoms with Crippen LogP contribution in [0, 0.1) is 0 Å². The van der Waals surface area contributed by atoms with Crippen molar-refractivity contribution < 1.29 is 14.5 Å². The minimum Gasteiger partial charge on any atom is -0.383 e. The highest BCUT2D eigenvalue weighted by molar-refractivity contribution is 6.00. The van der Waals surface area contributed by atoms with Crippen LogP contribution in [0.5, 0.6) is 0 Å². The van der Waals surface area contributed by atoms with Gasteiger partial charge in [0, 0.05) is 29.9 Å². The lowest BCUT2D eigenvalue weighted by Gasteiger charge is -2.23. The molecular formula is C26H27N7O3. The van der Waals surface area contributed by atoms with Crippen molar-refractivity contribution in [1.82, 2.24) is 20.1 Å². The molecule has 6 rings (SSSR count). The Morgan fingerprint density at radius 3 is 2.69 bits per heavy atom. The number of pyridine rings is 1. The maximum absolute atomic E-state index is 11.5. The van der Waals surface area contributed by atoms with Crippen molar-refractivity contribution >= 4 is 34.1 Å². The summed E-state index contributed by atoms with van der Waals surface area (Å²) < 4.78 is 2.11. The van der Waals surface area contributed by atoms with Crippen molar-refractivity contribution in [3.63, 3.8) is 0 Å². The Labute approximate surface area is 207 Å². The predicted molar refractivity (Wildman–Crippen MR) is 137 cm³/mol. The minimum absolute atomic E-state index is 0.324. The van der Waals surface area contributed by atoms with Gasteiger partial charge >= 0.3 is 5.97 Å². The number of aromatic nitrogens is 3. The number of hydrogen-bond donors (Lipinski definition) is 3. The molecule has 2 aromatic heterocycles. The van der Waals surface area contributed by atoms with E-state index < -0.39 is 12.2 Å². The average molecular weight is 486 g/mol. The molecule has 4 N–H and O–H groups in total. The van der Waals surface area contributed by atoms with Gasteiger partial charge in [0.1, 0.15) is 17.2 Å². The second-order valence-corrected chi connectivity index (χ2v) is 8.97. The summed E-state index contributed by atoms with van der Waals surface area (Å²) in [5, 5.41) is 13.8. The predicted octanol–water partition coefficient (Wildman–Crippen LogP) is 3.95. The van der Waals surface area contributed by atoms with Crippen molar-refractivity contribution in [2.75, 3.05) is 29.4 Å². The molecular weight excluding hydrogens is 458 g/mol. The summed E-state index contributed by atoms with van der Waals surface area (Å²) in [4.78, 5) is 26.8. The normalized spacial score (nSPS) is 17.8. The van der Waals surface area contributed by atoms with E-state index in [0.29, 0.717) is 17.5 Å². The Hall–Kier alpha value is -4.15. The second kappa shape index (κ2) is 9.14. The van der Waals surface area contributed by atoms with Crippen molar-refractivity contribution in [3.8, 4) is 11.3 Å². The molecule has 0 amide bonds. The lowest BCUT2D eigenvalue weighted by molar-refractivity contribution is -0.162. The van der Waals surface area contributed by atoms with Crippen LogP contribution >= 0.6 is 0 Å². The summed E-state index contributed by atoms with van der Waals surface area (Å²) in [6, 6.07) is 17.8. The van der Waals surface area contributed by atoms with Crippen LogP contribution < -0.4 is 21.6 Å². The van der Waals surface area contributed by atoms with Gasteiger partial charge in [0.15, 0.2) is 6.23 Å². The van der Waals surface area contributed by atoms with E-state index in [0.717, 1.165) is 64.6 Å². The fourth-order valence-corrected chi connectivity index (χ4v) is 4.90. The first-order valence-electron chi connectivity index (χ1n) is 12.0. The minimum atomic E-state index is -0.508. The number of para-hydroxylation sites is 1. The fraction of sp³-hybridized carbons (Fsp3) is 0.269. The van der Waals surface area contributed by atoms with E-state index in [1.54, 1.807) is 6.20 Å². The molecule has 184 valence electrons. The number of carbonyl (C=O) groups is 1. The number of rotatable bonds is 5. The van der Waals surface area contributed by atoms with E-state index in [2.05, 4.69) is 20.3 Å². The number of nitrogens with two attached hydrogens (primary N) is 1. The molecule has 10 nitrogen and oxygen atoms in total. The number of nitrogen functional groups attached to an aromatic ring is 1. The number of anilines is 3. The van der Waals surface area contributed by atoms with Crippen LogP contribution in [-0.4, -0.2) is 33.8 Å². The molecule has 1 fully saturated rings. The van der Waals surface area contributed by atoms with Gasteiger partial charge in [-0.1, -0.05) is 35.6 Å². The van der Waals surface area contributed by atoms with Gasteiger partial charge in [0.05, 0.1) is 16.9 Å². The van der Waals surface area contributed by atoms with Crippen LogP contribution in [0.15, 0.2) is 60.8 Å². The second-order valence-electron chi connectivity index (χ2n) is 8.97. The number of nitrogens with zero attached hydrogens (tertiary/aromatic N) is 4. The standard InChI is InChI=1S/C26H27N7O3/c1-16(34)35-33-21-5-3-2-4-20(21)26(36-33)30-18-8-6-17(7-9-18)24-23-22(12-15-29-25(23)27)32(31-24)19-10-13-28-14-11-19/h2-9,12,15,19,26,28,30H,10-11,13-14H2,1H3,(H2,27,29). The van der Waals surface area contributed by atoms with E-state index in [4.69, 9.17) is 20.5 Å². The Balaban J connectivity index is 1.29. The molecule has 0 radical (unpaired) electrons. The van der Waals surface area contributed by atoms with Crippen molar-refractivity contribution in [2.24, 2.45) is 0 Å². The third-order valence-electron chi connectivity index (χ3n) is 6.59. The maximum atomic E-state index is 11.5. The molecule has 1 atom stereocenters. The highest BCUT2D eigenvalue weighted by atomic mass is 17.0. The molecule has 0 saturated carbocycles. The largest absolute Gasteiger partial charge is 0.383 e. The Morgan fingerprint density at radius 2 is 1.92 bits per heavy atom. The number of nitrogens with one attached hydrogen (secondary N) is 2. The summed E-state index contributed by atoms with van der Waals surface area (Å²) in [6.45, 7) is 3.29. The lowest BCUT2D eigenvalue weighted by Crippen LogP contribution is -2.29. The SMILES string of the molecule is CC(=O)ON1OC(Nc2ccc(-c3nn(C4CCNCC4)c4ccnc(N)c34)cc2)c2ccccc21. The van der Waals surface area contributed by atoms with Gasteiger partial charge in [-0.25, -0.2) is 14.6 Å². The maximum Gasteiger partial charge on any atom is 0.332 e. The zero-order chi connectivity index (χ0) is 24.6.